The number of rotatable bonds is 3. The molecule has 5 nitrogen and oxygen atoms in total. The third kappa shape index (κ3) is 2.65. The van der Waals surface area contributed by atoms with E-state index in [1.54, 1.807) is 0 Å². The van der Waals surface area contributed by atoms with Crippen LogP contribution in [0.4, 0.5) is 5.69 Å². The maximum atomic E-state index is 12.0. The van der Waals surface area contributed by atoms with Gasteiger partial charge in [-0.2, -0.15) is 0 Å². The molecule has 148 valence electrons. The van der Waals surface area contributed by atoms with Gasteiger partial charge in [0.2, 0.25) is 5.91 Å². The highest BCUT2D eigenvalue weighted by molar-refractivity contribution is 5.97. The van der Waals surface area contributed by atoms with E-state index in [0.29, 0.717) is 6.42 Å². The molecular weight excluding hydrogens is 372 g/mol. The van der Waals surface area contributed by atoms with Crippen LogP contribution >= 0.6 is 0 Å². The smallest absolute Gasteiger partial charge is 0.227 e. The predicted molar refractivity (Wildman–Crippen MR) is 118 cm³/mol. The van der Waals surface area contributed by atoms with Crippen molar-refractivity contribution < 1.29 is 4.79 Å². The Balaban J connectivity index is 1.41. The van der Waals surface area contributed by atoms with Crippen LogP contribution in [0.3, 0.4) is 0 Å². The van der Waals surface area contributed by atoms with Crippen molar-refractivity contribution in [2.45, 2.75) is 32.2 Å². The van der Waals surface area contributed by atoms with Crippen LogP contribution in [0.15, 0.2) is 61.1 Å². The maximum Gasteiger partial charge on any atom is 0.227 e. The average molecular weight is 394 g/mol. The number of hydrogen-bond donors (Lipinski definition) is 0. The van der Waals surface area contributed by atoms with Gasteiger partial charge in [0.25, 0.3) is 0 Å². The molecular formula is C25H22N4O. The first kappa shape index (κ1) is 17.4. The number of carbonyl (C=O) groups excluding carboxylic acids is 1. The van der Waals surface area contributed by atoms with Crippen molar-refractivity contribution in [1.82, 2.24) is 14.5 Å². The zero-order valence-electron chi connectivity index (χ0n) is 16.7. The zero-order chi connectivity index (χ0) is 20.1. The second-order valence-corrected chi connectivity index (χ2v) is 8.11. The number of hydrogen-bond acceptors (Lipinski definition) is 3. The maximum absolute atomic E-state index is 12.0. The van der Waals surface area contributed by atoms with E-state index in [1.807, 2.05) is 41.7 Å². The number of anilines is 1. The number of nitrogens with zero attached hydrogens (tertiary/aromatic N) is 4. The fourth-order valence-corrected chi connectivity index (χ4v) is 4.94. The Bertz CT molecular complexity index is 1270. The van der Waals surface area contributed by atoms with Crippen molar-refractivity contribution in [2.24, 2.45) is 0 Å². The van der Waals surface area contributed by atoms with Gasteiger partial charge in [-0.1, -0.05) is 12.1 Å². The first-order chi connectivity index (χ1) is 14.8. The summed E-state index contributed by atoms with van der Waals surface area (Å²) >= 11 is 0. The lowest BCUT2D eigenvalue weighted by Crippen LogP contribution is -2.23. The summed E-state index contributed by atoms with van der Waals surface area (Å²) in [4.78, 5) is 23.1. The summed E-state index contributed by atoms with van der Waals surface area (Å²) < 4.78 is 2.36. The van der Waals surface area contributed by atoms with Gasteiger partial charge in [0.15, 0.2) is 0 Å². The summed E-state index contributed by atoms with van der Waals surface area (Å²) in [6.45, 7) is 1.85. The van der Waals surface area contributed by atoms with E-state index in [9.17, 15) is 4.79 Å². The van der Waals surface area contributed by atoms with Gasteiger partial charge < -0.3 is 9.47 Å². The number of fused-ring (bicyclic) bond motifs is 3. The van der Waals surface area contributed by atoms with Gasteiger partial charge in [0, 0.05) is 71.6 Å². The molecule has 0 aliphatic carbocycles. The number of aromatic nitrogens is 3. The molecule has 1 amide bonds. The SMILES string of the molecule is O=C1CCCN1c1ccc(-c2cncc(-c3c4n(c5ncccc35)CCC4)c2)cc1. The van der Waals surface area contributed by atoms with Crippen LogP contribution in [-0.2, 0) is 17.8 Å². The van der Waals surface area contributed by atoms with E-state index >= 15 is 0 Å². The molecule has 1 saturated heterocycles. The largest absolute Gasteiger partial charge is 0.329 e. The minimum Gasteiger partial charge on any atom is -0.329 e. The molecule has 0 radical (unpaired) electrons. The molecule has 1 aromatic carbocycles. The van der Waals surface area contributed by atoms with Crippen LogP contribution in [0.1, 0.15) is 25.0 Å². The molecule has 0 unspecified atom stereocenters. The van der Waals surface area contributed by atoms with Gasteiger partial charge in [-0.15, -0.1) is 0 Å². The van der Waals surface area contributed by atoms with Crippen molar-refractivity contribution in [3.05, 3.63) is 66.7 Å². The number of carbonyl (C=O) groups is 1. The van der Waals surface area contributed by atoms with E-state index < -0.39 is 0 Å². The second kappa shape index (κ2) is 6.80. The number of pyridine rings is 2. The van der Waals surface area contributed by atoms with Crippen LogP contribution in [0, 0.1) is 0 Å². The molecule has 5 heterocycles. The van der Waals surface area contributed by atoms with Gasteiger partial charge in [0.1, 0.15) is 5.65 Å². The van der Waals surface area contributed by atoms with Crippen LogP contribution in [-0.4, -0.2) is 27.0 Å². The Morgan fingerprint density at radius 2 is 1.70 bits per heavy atom. The quantitative estimate of drug-likeness (QED) is 0.500. The van der Waals surface area contributed by atoms with Crippen molar-refractivity contribution in [2.75, 3.05) is 11.4 Å². The number of aryl methyl sites for hydroxylation is 1. The molecule has 30 heavy (non-hydrogen) atoms. The van der Waals surface area contributed by atoms with Crippen LogP contribution < -0.4 is 4.90 Å². The highest BCUT2D eigenvalue weighted by Gasteiger charge is 2.23. The van der Waals surface area contributed by atoms with Gasteiger partial charge in [-0.3, -0.25) is 9.78 Å². The third-order valence-corrected chi connectivity index (χ3v) is 6.33. The van der Waals surface area contributed by atoms with E-state index in [0.717, 1.165) is 54.0 Å². The molecule has 0 atom stereocenters. The third-order valence-electron chi connectivity index (χ3n) is 6.33. The first-order valence-corrected chi connectivity index (χ1v) is 10.6. The second-order valence-electron chi connectivity index (χ2n) is 8.11. The highest BCUT2D eigenvalue weighted by Crippen LogP contribution is 2.38. The minimum absolute atomic E-state index is 0.217. The summed E-state index contributed by atoms with van der Waals surface area (Å²) in [6.07, 6.45) is 9.58. The van der Waals surface area contributed by atoms with Crippen LogP contribution in [0.2, 0.25) is 0 Å². The van der Waals surface area contributed by atoms with Gasteiger partial charge in [-0.25, -0.2) is 4.98 Å². The molecule has 4 aromatic rings. The van der Waals surface area contributed by atoms with Crippen molar-refractivity contribution in [3.8, 4) is 22.3 Å². The Labute approximate surface area is 175 Å². The molecule has 1 fully saturated rings. The van der Waals surface area contributed by atoms with Gasteiger partial charge in [0.05, 0.1) is 0 Å². The molecule has 0 saturated carbocycles. The lowest BCUT2D eigenvalue weighted by molar-refractivity contribution is -0.117. The number of amides is 1. The summed E-state index contributed by atoms with van der Waals surface area (Å²) in [5.74, 6) is 0.217. The van der Waals surface area contributed by atoms with E-state index in [4.69, 9.17) is 0 Å². The topological polar surface area (TPSA) is 51.0 Å². The lowest BCUT2D eigenvalue weighted by Gasteiger charge is -2.16. The molecule has 2 aliphatic heterocycles. The summed E-state index contributed by atoms with van der Waals surface area (Å²) in [5, 5.41) is 1.20. The van der Waals surface area contributed by atoms with Crippen LogP contribution in [0.25, 0.3) is 33.3 Å². The fraction of sp³-hybridized carbons (Fsp3) is 0.240. The van der Waals surface area contributed by atoms with Crippen molar-refractivity contribution >= 4 is 22.6 Å². The molecule has 5 heteroatoms. The molecule has 0 spiro atoms. The Morgan fingerprint density at radius 3 is 2.53 bits per heavy atom. The van der Waals surface area contributed by atoms with Crippen molar-refractivity contribution in [1.29, 1.82) is 0 Å². The zero-order valence-corrected chi connectivity index (χ0v) is 16.7. The average Bonchev–Trinajstić information content (AvgIpc) is 3.50. The first-order valence-electron chi connectivity index (χ1n) is 10.6. The molecule has 3 aromatic heterocycles. The molecule has 0 N–H and O–H groups in total. The van der Waals surface area contributed by atoms with Gasteiger partial charge in [-0.05, 0) is 55.2 Å². The summed E-state index contributed by atoms with van der Waals surface area (Å²) in [5.41, 5.74) is 8.02. The predicted octanol–water partition coefficient (Wildman–Crippen LogP) is 4.84. The lowest BCUT2D eigenvalue weighted by atomic mass is 9.99. The standard InChI is InChI=1S/C25H22N4O/c30-23-6-3-12-28(23)20-9-7-17(8-10-20)18-14-19(16-26-15-18)24-21-4-1-11-27-25(21)29-13-2-5-22(24)29/h1,4,7-11,14-16H,2-3,5-6,12-13H2. The van der Waals surface area contributed by atoms with E-state index in [-0.39, 0.29) is 5.91 Å². The fourth-order valence-electron chi connectivity index (χ4n) is 4.94. The molecule has 0 bridgehead atoms. The number of benzene rings is 1. The van der Waals surface area contributed by atoms with Gasteiger partial charge >= 0.3 is 0 Å². The van der Waals surface area contributed by atoms with E-state index in [1.165, 1.54) is 23.1 Å². The van der Waals surface area contributed by atoms with E-state index in [2.05, 4.69) is 38.8 Å². The summed E-state index contributed by atoms with van der Waals surface area (Å²) in [6, 6.07) is 14.7. The van der Waals surface area contributed by atoms with Crippen molar-refractivity contribution in [3.63, 3.8) is 0 Å². The monoisotopic (exact) mass is 394 g/mol. The highest BCUT2D eigenvalue weighted by atomic mass is 16.2. The molecule has 2 aliphatic rings. The molecule has 6 rings (SSSR count). The Kier molecular flexibility index (Phi) is 3.94. The van der Waals surface area contributed by atoms with Crippen LogP contribution in [0.5, 0.6) is 0 Å². The Morgan fingerprint density at radius 1 is 0.867 bits per heavy atom. The minimum atomic E-state index is 0.217. The Hall–Kier alpha value is -3.47. The normalized spacial score (nSPS) is 15.9. The summed E-state index contributed by atoms with van der Waals surface area (Å²) in [7, 11) is 0.